The van der Waals surface area contributed by atoms with Crippen LogP contribution in [0.4, 0.5) is 20.2 Å². The van der Waals surface area contributed by atoms with Gasteiger partial charge in [0.25, 0.3) is 0 Å². The summed E-state index contributed by atoms with van der Waals surface area (Å²) in [6.45, 7) is 2.06. The zero-order chi connectivity index (χ0) is 23.4. The fourth-order valence-corrected chi connectivity index (χ4v) is 5.67. The number of piperidine rings is 1. The highest BCUT2D eigenvalue weighted by Gasteiger charge is 2.52. The molecular formula is C27H28F2N4O. The fraction of sp³-hybridized carbons (Fsp3) is 0.370. The molecule has 1 aliphatic carbocycles. The minimum absolute atomic E-state index is 0.0784. The second-order valence-electron chi connectivity index (χ2n) is 9.92. The maximum Gasteiger partial charge on any atom is 0.235 e. The lowest BCUT2D eigenvalue weighted by molar-refractivity contribution is -0.123. The molecule has 1 amide bonds. The Labute approximate surface area is 197 Å². The molecule has 7 heteroatoms. The van der Waals surface area contributed by atoms with Gasteiger partial charge >= 0.3 is 0 Å². The molecule has 2 fully saturated rings. The Morgan fingerprint density at radius 3 is 2.59 bits per heavy atom. The van der Waals surface area contributed by atoms with Gasteiger partial charge < -0.3 is 20.1 Å². The number of nitrogens with one attached hydrogen (secondary N) is 2. The summed E-state index contributed by atoms with van der Waals surface area (Å²) in [5, 5.41) is 6.88. The fourth-order valence-electron chi connectivity index (χ4n) is 5.67. The van der Waals surface area contributed by atoms with Crippen molar-refractivity contribution in [2.45, 2.75) is 43.6 Å². The van der Waals surface area contributed by atoms with Gasteiger partial charge in [-0.25, -0.2) is 8.78 Å². The lowest BCUT2D eigenvalue weighted by Gasteiger charge is -2.36. The number of fused-ring (bicyclic) bond motifs is 2. The van der Waals surface area contributed by atoms with Crippen molar-refractivity contribution in [1.29, 1.82) is 0 Å². The van der Waals surface area contributed by atoms with Gasteiger partial charge in [0.2, 0.25) is 5.91 Å². The third kappa shape index (κ3) is 3.33. The van der Waals surface area contributed by atoms with E-state index in [0.717, 1.165) is 73.9 Å². The molecule has 34 heavy (non-hydrogen) atoms. The van der Waals surface area contributed by atoms with Gasteiger partial charge in [-0.3, -0.25) is 4.79 Å². The molecule has 2 aromatic carbocycles. The Morgan fingerprint density at radius 2 is 1.88 bits per heavy atom. The predicted molar refractivity (Wildman–Crippen MR) is 129 cm³/mol. The van der Waals surface area contributed by atoms with Gasteiger partial charge in [0.1, 0.15) is 11.6 Å². The maximum absolute atomic E-state index is 14.7. The number of halogens is 2. The second-order valence-corrected chi connectivity index (χ2v) is 9.92. The third-order valence-electron chi connectivity index (χ3n) is 7.83. The summed E-state index contributed by atoms with van der Waals surface area (Å²) in [5.41, 5.74) is 4.19. The molecule has 1 saturated carbocycles. The van der Waals surface area contributed by atoms with E-state index < -0.39 is 17.0 Å². The van der Waals surface area contributed by atoms with Gasteiger partial charge in [0.15, 0.2) is 0 Å². The Morgan fingerprint density at radius 1 is 1.09 bits per heavy atom. The molecule has 0 atom stereocenters. The molecule has 1 aromatic heterocycles. The molecule has 176 valence electrons. The predicted octanol–water partition coefficient (Wildman–Crippen LogP) is 5.30. The number of nitrogens with zero attached hydrogens (tertiary/aromatic N) is 2. The number of carbonyl (C=O) groups excluding carboxylic acids is 1. The van der Waals surface area contributed by atoms with Gasteiger partial charge in [-0.2, -0.15) is 0 Å². The number of benzene rings is 2. The van der Waals surface area contributed by atoms with E-state index in [1.165, 1.54) is 12.1 Å². The molecule has 3 aromatic rings. The van der Waals surface area contributed by atoms with Crippen molar-refractivity contribution in [2.24, 2.45) is 0 Å². The van der Waals surface area contributed by atoms with Gasteiger partial charge in [-0.1, -0.05) is 6.42 Å². The Kier molecular flexibility index (Phi) is 4.99. The number of aromatic nitrogens is 1. The van der Waals surface area contributed by atoms with Crippen molar-refractivity contribution in [3.63, 3.8) is 0 Å². The largest absolute Gasteiger partial charge is 0.380 e. The van der Waals surface area contributed by atoms with E-state index in [9.17, 15) is 13.6 Å². The summed E-state index contributed by atoms with van der Waals surface area (Å²) in [7, 11) is 2.14. The highest BCUT2D eigenvalue weighted by atomic mass is 19.1. The van der Waals surface area contributed by atoms with E-state index in [-0.39, 0.29) is 5.91 Å². The summed E-state index contributed by atoms with van der Waals surface area (Å²) in [5.74, 6) is -1.12. The molecule has 2 N–H and O–H groups in total. The summed E-state index contributed by atoms with van der Waals surface area (Å²) in [6.07, 6.45) is 6.66. The first kappa shape index (κ1) is 21.4. The van der Waals surface area contributed by atoms with E-state index in [1.807, 2.05) is 29.0 Å². The molecule has 1 spiro atoms. The Bertz CT molecular complexity index is 1270. The third-order valence-corrected chi connectivity index (χ3v) is 7.83. The monoisotopic (exact) mass is 462 g/mol. The van der Waals surface area contributed by atoms with Crippen LogP contribution < -0.4 is 10.6 Å². The van der Waals surface area contributed by atoms with Crippen LogP contribution in [0, 0.1) is 11.6 Å². The van der Waals surface area contributed by atoms with Crippen LogP contribution in [0.3, 0.4) is 0 Å². The van der Waals surface area contributed by atoms with Crippen molar-refractivity contribution in [2.75, 3.05) is 30.8 Å². The molecule has 0 bridgehead atoms. The highest BCUT2D eigenvalue weighted by Crippen LogP contribution is 2.54. The maximum atomic E-state index is 14.7. The first-order valence-electron chi connectivity index (χ1n) is 12.0. The van der Waals surface area contributed by atoms with Crippen LogP contribution >= 0.6 is 0 Å². The summed E-state index contributed by atoms with van der Waals surface area (Å²) >= 11 is 0. The molecule has 6 rings (SSSR count). The van der Waals surface area contributed by atoms with Crippen molar-refractivity contribution >= 4 is 17.3 Å². The van der Waals surface area contributed by atoms with Gasteiger partial charge in [0.05, 0.1) is 22.5 Å². The van der Waals surface area contributed by atoms with E-state index >= 15 is 0 Å². The molecule has 1 saturated heterocycles. The van der Waals surface area contributed by atoms with Crippen LogP contribution in [0.1, 0.15) is 37.7 Å². The zero-order valence-corrected chi connectivity index (χ0v) is 19.2. The summed E-state index contributed by atoms with van der Waals surface area (Å²) in [4.78, 5) is 15.4. The van der Waals surface area contributed by atoms with Crippen molar-refractivity contribution < 1.29 is 13.6 Å². The topological polar surface area (TPSA) is 49.3 Å². The zero-order valence-electron chi connectivity index (χ0n) is 19.2. The quantitative estimate of drug-likeness (QED) is 0.553. The van der Waals surface area contributed by atoms with Crippen molar-refractivity contribution in [3.8, 4) is 16.9 Å². The molecular weight excluding hydrogens is 434 g/mol. The molecule has 3 heterocycles. The summed E-state index contributed by atoms with van der Waals surface area (Å²) < 4.78 is 30.1. The van der Waals surface area contributed by atoms with E-state index in [2.05, 4.69) is 28.6 Å². The first-order chi connectivity index (χ1) is 16.4. The number of hydrogen-bond donors (Lipinski definition) is 2. The SMILES string of the molecule is CN1CCC(Nc2cc(-n3cccc3-c3ccc(F)cc3F)cc3c2NC(=O)C32CCC2)CC1. The number of rotatable bonds is 4. The Hall–Kier alpha value is -3.19. The molecule has 5 nitrogen and oxygen atoms in total. The van der Waals surface area contributed by atoms with Crippen LogP contribution in [-0.4, -0.2) is 41.6 Å². The Balaban J connectivity index is 1.46. The minimum atomic E-state index is -0.599. The van der Waals surface area contributed by atoms with Gasteiger partial charge in [-0.05, 0) is 87.8 Å². The van der Waals surface area contributed by atoms with Crippen LogP contribution in [0.25, 0.3) is 16.9 Å². The molecule has 3 aliphatic rings. The van der Waals surface area contributed by atoms with E-state index in [0.29, 0.717) is 17.3 Å². The average molecular weight is 463 g/mol. The van der Waals surface area contributed by atoms with Crippen LogP contribution in [0.2, 0.25) is 0 Å². The number of hydrogen-bond acceptors (Lipinski definition) is 3. The smallest absolute Gasteiger partial charge is 0.235 e. The van der Waals surface area contributed by atoms with Crippen LogP contribution in [-0.2, 0) is 10.2 Å². The number of carbonyl (C=O) groups is 1. The average Bonchev–Trinajstić information content (AvgIpc) is 3.37. The first-order valence-corrected chi connectivity index (χ1v) is 12.0. The second kappa shape index (κ2) is 7.94. The van der Waals surface area contributed by atoms with Crippen molar-refractivity contribution in [1.82, 2.24) is 9.47 Å². The van der Waals surface area contributed by atoms with E-state index in [4.69, 9.17) is 0 Å². The van der Waals surface area contributed by atoms with Crippen molar-refractivity contribution in [3.05, 3.63) is 65.9 Å². The highest BCUT2D eigenvalue weighted by molar-refractivity contribution is 6.10. The van der Waals surface area contributed by atoms with Crippen LogP contribution in [0.15, 0.2) is 48.7 Å². The lowest BCUT2D eigenvalue weighted by atomic mass is 9.65. The molecule has 0 radical (unpaired) electrons. The number of likely N-dealkylation sites (tertiary alicyclic amines) is 1. The molecule has 2 aliphatic heterocycles. The number of anilines is 2. The normalized spacial score (nSPS) is 19.7. The standard InChI is InChI=1S/C27H28F2N4O/c1-32-12-7-18(8-13-32)30-23-16-19(15-21-25(23)31-26(34)27(21)9-3-10-27)33-11-2-4-24(33)20-6-5-17(28)14-22(20)29/h2,4-6,11,14-16,18,30H,3,7-10,12-13H2,1H3,(H,31,34). The molecule has 0 unspecified atom stereocenters. The van der Waals surface area contributed by atoms with Crippen LogP contribution in [0.5, 0.6) is 0 Å². The van der Waals surface area contributed by atoms with Gasteiger partial charge in [0, 0.05) is 29.6 Å². The van der Waals surface area contributed by atoms with Gasteiger partial charge in [-0.15, -0.1) is 0 Å². The van der Waals surface area contributed by atoms with E-state index in [1.54, 1.807) is 0 Å². The minimum Gasteiger partial charge on any atom is -0.380 e. The lowest BCUT2D eigenvalue weighted by Crippen LogP contribution is -2.40. The number of amides is 1. The summed E-state index contributed by atoms with van der Waals surface area (Å²) in [6, 6.07) is 11.8.